The number of amides is 1. The first-order chi connectivity index (χ1) is 20.5. The van der Waals surface area contributed by atoms with Crippen LogP contribution >= 0.6 is 11.6 Å². The van der Waals surface area contributed by atoms with Gasteiger partial charge in [0.05, 0.1) is 12.8 Å². The molecule has 2 heterocycles. The molecule has 1 atom stereocenters. The summed E-state index contributed by atoms with van der Waals surface area (Å²) in [4.78, 5) is 13.3. The summed E-state index contributed by atoms with van der Waals surface area (Å²) in [5, 5.41) is 4.68. The second-order valence-corrected chi connectivity index (χ2v) is 10.5. The van der Waals surface area contributed by atoms with Crippen LogP contribution in [0.2, 0.25) is 5.02 Å². The number of nitrogens with zero attached hydrogens (tertiary/aromatic N) is 1. The van der Waals surface area contributed by atoms with E-state index in [-0.39, 0.29) is 24.1 Å². The third-order valence-corrected chi connectivity index (χ3v) is 7.45. The maximum atomic E-state index is 13.6. The van der Waals surface area contributed by atoms with E-state index in [9.17, 15) is 9.18 Å². The average molecular weight is 579 g/mol. The maximum Gasteiger partial charge on any atom is 0.221 e. The lowest BCUT2D eigenvalue weighted by molar-refractivity contribution is -0.121. The summed E-state index contributed by atoms with van der Waals surface area (Å²) < 4.78 is 27.3. The minimum absolute atomic E-state index is 0.101. The zero-order chi connectivity index (χ0) is 28.9. The Labute approximate surface area is 248 Å². The fourth-order valence-corrected chi connectivity index (χ4v) is 5.29. The van der Waals surface area contributed by atoms with Crippen molar-refractivity contribution in [3.63, 3.8) is 0 Å². The predicted octanol–water partition coefficient (Wildman–Crippen LogP) is 8.71. The monoisotopic (exact) mass is 578 g/mol. The molecule has 0 radical (unpaired) electrons. The maximum absolute atomic E-state index is 13.6. The van der Waals surface area contributed by atoms with E-state index in [1.54, 1.807) is 36.6 Å². The molecule has 0 saturated heterocycles. The summed E-state index contributed by atoms with van der Waals surface area (Å²) in [6, 6.07) is 33.3. The molecule has 4 aromatic carbocycles. The molecule has 5 nitrogen and oxygen atoms in total. The van der Waals surface area contributed by atoms with Gasteiger partial charge in [-0.15, -0.1) is 0 Å². The highest BCUT2D eigenvalue weighted by atomic mass is 35.5. The highest BCUT2D eigenvalue weighted by molar-refractivity contribution is 6.30. The largest absolute Gasteiger partial charge is 0.467 e. The molecule has 210 valence electrons. The molecular weight excluding hydrogens is 551 g/mol. The van der Waals surface area contributed by atoms with Gasteiger partial charge in [-0.2, -0.15) is 0 Å². The topological polar surface area (TPSA) is 56.4 Å². The van der Waals surface area contributed by atoms with Gasteiger partial charge < -0.3 is 19.0 Å². The number of hydrogen-bond donors (Lipinski definition) is 1. The van der Waals surface area contributed by atoms with Gasteiger partial charge in [-0.1, -0.05) is 54.1 Å². The Morgan fingerprint density at radius 1 is 0.905 bits per heavy atom. The van der Waals surface area contributed by atoms with Gasteiger partial charge in [-0.05, 0) is 83.4 Å². The predicted molar refractivity (Wildman–Crippen MR) is 162 cm³/mol. The second kappa shape index (κ2) is 12.4. The van der Waals surface area contributed by atoms with Crippen LogP contribution in [0.3, 0.4) is 0 Å². The molecule has 0 bridgehead atoms. The molecule has 2 aromatic heterocycles. The molecule has 0 saturated carbocycles. The van der Waals surface area contributed by atoms with Crippen LogP contribution in [0.4, 0.5) is 4.39 Å². The van der Waals surface area contributed by atoms with E-state index in [1.807, 2.05) is 54.6 Å². The van der Waals surface area contributed by atoms with Crippen LogP contribution in [0, 0.1) is 5.82 Å². The number of nitrogens with one attached hydrogen (secondary N) is 1. The van der Waals surface area contributed by atoms with Crippen LogP contribution in [0.5, 0.6) is 11.5 Å². The summed E-state index contributed by atoms with van der Waals surface area (Å²) >= 11 is 6.05. The number of halogens is 2. The molecule has 6 rings (SSSR count). The molecule has 0 aliphatic heterocycles. The number of rotatable bonds is 10. The lowest BCUT2D eigenvalue weighted by Gasteiger charge is -2.18. The van der Waals surface area contributed by atoms with Gasteiger partial charge in [0.25, 0.3) is 0 Å². The minimum atomic E-state index is -0.269. The highest BCUT2D eigenvalue weighted by Gasteiger charge is 2.23. The number of fused-ring (bicyclic) bond motifs is 1. The number of hydrogen-bond acceptors (Lipinski definition) is 3. The van der Waals surface area contributed by atoms with Crippen molar-refractivity contribution in [1.82, 2.24) is 9.88 Å². The quantitative estimate of drug-likeness (QED) is 0.177. The lowest BCUT2D eigenvalue weighted by Crippen LogP contribution is -2.24. The third kappa shape index (κ3) is 6.40. The number of aromatic nitrogens is 1. The number of ether oxygens (including phenoxy) is 1. The Morgan fingerprint density at radius 2 is 1.71 bits per heavy atom. The van der Waals surface area contributed by atoms with E-state index < -0.39 is 0 Å². The van der Waals surface area contributed by atoms with Gasteiger partial charge in [0, 0.05) is 41.0 Å². The van der Waals surface area contributed by atoms with Crippen molar-refractivity contribution in [2.24, 2.45) is 0 Å². The Balaban J connectivity index is 1.36. The highest BCUT2D eigenvalue weighted by Crippen LogP contribution is 2.37. The summed E-state index contributed by atoms with van der Waals surface area (Å²) in [5.74, 6) is 1.38. The second-order valence-electron chi connectivity index (χ2n) is 10.1. The summed E-state index contributed by atoms with van der Waals surface area (Å²) in [6.07, 6.45) is 3.91. The van der Waals surface area contributed by atoms with E-state index in [4.69, 9.17) is 20.8 Å². The van der Waals surface area contributed by atoms with Crippen molar-refractivity contribution in [3.05, 3.63) is 155 Å². The van der Waals surface area contributed by atoms with Gasteiger partial charge in [0.2, 0.25) is 5.91 Å². The molecule has 6 aromatic rings. The van der Waals surface area contributed by atoms with Gasteiger partial charge >= 0.3 is 0 Å². The zero-order valence-electron chi connectivity index (χ0n) is 22.7. The standard InChI is InChI=1S/C35H28ClFN2O3/c36-26-12-16-28(17-13-26)42-29-6-3-5-25(19-29)32(20-35(40)38-21-30-7-4-18-41-30)33-23-39(34-9-2-1-8-31(33)34)22-24-10-14-27(37)15-11-24/h1-19,23,32H,20-22H2,(H,38,40). The summed E-state index contributed by atoms with van der Waals surface area (Å²) in [7, 11) is 0. The number of carbonyl (C=O) groups excluding carboxylic acids is 1. The van der Waals surface area contributed by atoms with E-state index in [0.717, 1.165) is 27.6 Å². The molecule has 0 spiro atoms. The molecule has 1 N–H and O–H groups in total. The Morgan fingerprint density at radius 3 is 2.50 bits per heavy atom. The SMILES string of the molecule is O=C(CC(c1cccc(Oc2ccc(Cl)cc2)c1)c1cn(Cc2ccc(F)cc2)c2ccccc12)NCc1ccco1. The van der Waals surface area contributed by atoms with Gasteiger partial charge in [0.1, 0.15) is 23.1 Å². The van der Waals surface area contributed by atoms with E-state index >= 15 is 0 Å². The van der Waals surface area contributed by atoms with Gasteiger partial charge in [-0.25, -0.2) is 4.39 Å². The van der Waals surface area contributed by atoms with E-state index in [0.29, 0.717) is 35.4 Å². The van der Waals surface area contributed by atoms with Crippen LogP contribution in [-0.2, 0) is 17.9 Å². The van der Waals surface area contributed by atoms with E-state index in [2.05, 4.69) is 28.2 Å². The number of furan rings is 1. The van der Waals surface area contributed by atoms with Crippen molar-refractivity contribution < 1.29 is 18.3 Å². The molecular formula is C35H28ClFN2O3. The Kier molecular flexibility index (Phi) is 8.06. The third-order valence-electron chi connectivity index (χ3n) is 7.20. The molecule has 1 unspecified atom stereocenters. The molecule has 42 heavy (non-hydrogen) atoms. The number of carbonyl (C=O) groups is 1. The molecule has 0 fully saturated rings. The first kappa shape index (κ1) is 27.4. The first-order valence-corrected chi connectivity index (χ1v) is 14.0. The normalized spacial score (nSPS) is 11.9. The van der Waals surface area contributed by atoms with Crippen molar-refractivity contribution >= 4 is 28.4 Å². The smallest absolute Gasteiger partial charge is 0.221 e. The lowest BCUT2D eigenvalue weighted by atomic mass is 9.88. The fraction of sp³-hybridized carbons (Fsp3) is 0.114. The van der Waals surface area contributed by atoms with Crippen LogP contribution in [0.25, 0.3) is 10.9 Å². The van der Waals surface area contributed by atoms with Crippen LogP contribution < -0.4 is 10.1 Å². The first-order valence-electron chi connectivity index (χ1n) is 13.7. The molecule has 7 heteroatoms. The number of benzene rings is 4. The molecule has 0 aliphatic carbocycles. The Bertz CT molecular complexity index is 1800. The minimum Gasteiger partial charge on any atom is -0.467 e. The van der Waals surface area contributed by atoms with Crippen molar-refractivity contribution in [2.75, 3.05) is 0 Å². The van der Waals surface area contributed by atoms with Crippen molar-refractivity contribution in [3.8, 4) is 11.5 Å². The van der Waals surface area contributed by atoms with Gasteiger partial charge in [0.15, 0.2) is 0 Å². The van der Waals surface area contributed by atoms with Crippen LogP contribution in [0.1, 0.15) is 34.8 Å². The molecule has 0 aliphatic rings. The zero-order valence-corrected chi connectivity index (χ0v) is 23.4. The summed E-state index contributed by atoms with van der Waals surface area (Å²) in [5.41, 5.74) is 3.98. The van der Waals surface area contributed by atoms with Crippen molar-refractivity contribution in [1.29, 1.82) is 0 Å². The van der Waals surface area contributed by atoms with E-state index in [1.165, 1.54) is 12.1 Å². The van der Waals surface area contributed by atoms with Crippen LogP contribution in [0.15, 0.2) is 126 Å². The summed E-state index contributed by atoms with van der Waals surface area (Å²) in [6.45, 7) is 0.877. The number of para-hydroxylation sites is 1. The molecule has 1 amide bonds. The van der Waals surface area contributed by atoms with Crippen LogP contribution in [-0.4, -0.2) is 10.5 Å². The fourth-order valence-electron chi connectivity index (χ4n) is 5.17. The Hall–Kier alpha value is -4.81. The average Bonchev–Trinajstić information content (AvgIpc) is 3.66. The van der Waals surface area contributed by atoms with Crippen molar-refractivity contribution in [2.45, 2.75) is 25.4 Å². The van der Waals surface area contributed by atoms with Gasteiger partial charge in [-0.3, -0.25) is 4.79 Å².